The molecule has 6 heteroatoms. The zero-order chi connectivity index (χ0) is 21.2. The highest BCUT2D eigenvalue weighted by Gasteiger charge is 2.23. The molecular weight excluding hydrogens is 396 g/mol. The molecule has 30 heavy (non-hydrogen) atoms. The maximum Gasteiger partial charge on any atom is 0.408 e. The van der Waals surface area contributed by atoms with Crippen molar-refractivity contribution in [1.29, 1.82) is 0 Å². The van der Waals surface area contributed by atoms with Crippen LogP contribution in [-0.4, -0.2) is 29.5 Å². The average molecular weight is 423 g/mol. The van der Waals surface area contributed by atoms with Crippen LogP contribution in [0.3, 0.4) is 0 Å². The van der Waals surface area contributed by atoms with E-state index >= 15 is 0 Å². The first-order valence-corrected chi connectivity index (χ1v) is 10.8. The second-order valence-corrected chi connectivity index (χ2v) is 8.03. The molecule has 2 aromatic carbocycles. The van der Waals surface area contributed by atoms with Crippen LogP contribution in [0.5, 0.6) is 0 Å². The van der Waals surface area contributed by atoms with Crippen LogP contribution in [-0.2, 0) is 29.1 Å². The van der Waals surface area contributed by atoms with Crippen LogP contribution in [0.15, 0.2) is 78.2 Å². The van der Waals surface area contributed by atoms with Crippen molar-refractivity contribution in [3.05, 3.63) is 94.2 Å². The third-order valence-electron chi connectivity index (χ3n) is 4.67. The van der Waals surface area contributed by atoms with Crippen molar-refractivity contribution in [2.75, 3.05) is 6.54 Å². The van der Waals surface area contributed by atoms with Crippen molar-refractivity contribution in [3.63, 3.8) is 0 Å². The van der Waals surface area contributed by atoms with Crippen LogP contribution in [0.4, 0.5) is 4.79 Å². The Morgan fingerprint density at radius 1 is 0.967 bits per heavy atom. The molecule has 0 aliphatic heterocycles. The summed E-state index contributed by atoms with van der Waals surface area (Å²) in [6, 6.07) is 22.8. The normalized spacial score (nSPS) is 11.5. The van der Waals surface area contributed by atoms with Gasteiger partial charge in [-0.1, -0.05) is 66.7 Å². The second-order valence-electron chi connectivity index (χ2n) is 7.00. The smallest absolute Gasteiger partial charge is 0.408 e. The summed E-state index contributed by atoms with van der Waals surface area (Å²) in [5, 5.41) is 4.66. The van der Waals surface area contributed by atoms with Crippen LogP contribution in [0.2, 0.25) is 0 Å². The third kappa shape index (κ3) is 6.74. The number of thiophene rings is 1. The number of carbonyl (C=O) groups is 2. The Bertz CT molecular complexity index is 914. The Hall–Kier alpha value is -3.12. The molecule has 2 amide bonds. The minimum absolute atomic E-state index is 0.129. The van der Waals surface area contributed by atoms with Gasteiger partial charge in [0.05, 0.1) is 6.54 Å². The van der Waals surface area contributed by atoms with E-state index in [0.717, 1.165) is 16.9 Å². The van der Waals surface area contributed by atoms with Crippen molar-refractivity contribution >= 4 is 23.3 Å². The SMILES string of the molecule is C[C@H](NC(=O)OCc1ccccc1)C(=O)N(CCc1ccccc1)Cc1cccs1. The number of benzene rings is 2. The molecule has 0 unspecified atom stereocenters. The first-order chi connectivity index (χ1) is 14.6. The number of ether oxygens (including phenoxy) is 1. The standard InChI is InChI=1S/C24H26N2O3S/c1-19(25-24(28)29-18-21-11-6-3-7-12-21)23(27)26(17-22-13-8-16-30-22)15-14-20-9-4-2-5-10-20/h2-13,16,19H,14-15,17-18H2,1H3,(H,25,28)/t19-/m0/s1. The Labute approximate surface area is 181 Å². The van der Waals surface area contributed by atoms with Crippen molar-refractivity contribution in [3.8, 4) is 0 Å². The van der Waals surface area contributed by atoms with Gasteiger partial charge in [-0.2, -0.15) is 0 Å². The van der Waals surface area contributed by atoms with Gasteiger partial charge in [0.15, 0.2) is 0 Å². The Morgan fingerprint density at radius 3 is 2.27 bits per heavy atom. The molecule has 1 heterocycles. The number of carbonyl (C=O) groups excluding carboxylic acids is 2. The summed E-state index contributed by atoms with van der Waals surface area (Å²) in [5.41, 5.74) is 2.07. The molecule has 0 fully saturated rings. The molecule has 0 bridgehead atoms. The molecule has 3 rings (SSSR count). The van der Waals surface area contributed by atoms with E-state index in [1.807, 2.05) is 66.0 Å². The van der Waals surface area contributed by atoms with Gasteiger partial charge in [-0.05, 0) is 35.9 Å². The van der Waals surface area contributed by atoms with E-state index in [1.165, 1.54) is 5.56 Å². The van der Waals surface area contributed by atoms with Gasteiger partial charge in [-0.3, -0.25) is 4.79 Å². The lowest BCUT2D eigenvalue weighted by atomic mass is 10.1. The highest BCUT2D eigenvalue weighted by atomic mass is 32.1. The molecule has 5 nitrogen and oxygen atoms in total. The van der Waals surface area contributed by atoms with Gasteiger partial charge < -0.3 is 15.0 Å². The Morgan fingerprint density at radius 2 is 1.63 bits per heavy atom. The molecule has 0 saturated heterocycles. The number of rotatable bonds is 9. The monoisotopic (exact) mass is 422 g/mol. The summed E-state index contributed by atoms with van der Waals surface area (Å²) >= 11 is 1.62. The molecule has 0 aliphatic rings. The Balaban J connectivity index is 1.56. The van der Waals surface area contributed by atoms with Gasteiger partial charge in [0, 0.05) is 11.4 Å². The maximum absolute atomic E-state index is 13.1. The summed E-state index contributed by atoms with van der Waals surface area (Å²) in [4.78, 5) is 28.1. The molecular formula is C24H26N2O3S. The molecule has 0 saturated carbocycles. The summed E-state index contributed by atoms with van der Waals surface area (Å²) in [6.45, 7) is 2.96. The fourth-order valence-corrected chi connectivity index (χ4v) is 3.76. The summed E-state index contributed by atoms with van der Waals surface area (Å²) < 4.78 is 5.25. The fourth-order valence-electron chi connectivity index (χ4n) is 3.04. The van der Waals surface area contributed by atoms with Crippen LogP contribution < -0.4 is 5.32 Å². The second kappa shape index (κ2) is 11.2. The van der Waals surface area contributed by atoms with Gasteiger partial charge in [-0.15, -0.1) is 11.3 Å². The molecule has 0 aliphatic carbocycles. The number of nitrogens with one attached hydrogen (secondary N) is 1. The van der Waals surface area contributed by atoms with Gasteiger partial charge >= 0.3 is 6.09 Å². The lowest BCUT2D eigenvalue weighted by Gasteiger charge is -2.26. The predicted octanol–water partition coefficient (Wildman–Crippen LogP) is 4.63. The van der Waals surface area contributed by atoms with E-state index in [1.54, 1.807) is 23.2 Å². The van der Waals surface area contributed by atoms with Crippen LogP contribution in [0.1, 0.15) is 22.9 Å². The van der Waals surface area contributed by atoms with E-state index in [9.17, 15) is 9.59 Å². The zero-order valence-corrected chi connectivity index (χ0v) is 17.8. The topological polar surface area (TPSA) is 58.6 Å². The van der Waals surface area contributed by atoms with Gasteiger partial charge in [0.1, 0.15) is 12.6 Å². The average Bonchev–Trinajstić information content (AvgIpc) is 3.29. The minimum Gasteiger partial charge on any atom is -0.445 e. The van der Waals surface area contributed by atoms with Crippen molar-refractivity contribution in [2.24, 2.45) is 0 Å². The number of hydrogen-bond acceptors (Lipinski definition) is 4. The zero-order valence-electron chi connectivity index (χ0n) is 17.0. The quantitative estimate of drug-likeness (QED) is 0.547. The van der Waals surface area contributed by atoms with Crippen LogP contribution >= 0.6 is 11.3 Å². The first-order valence-electron chi connectivity index (χ1n) is 9.94. The lowest BCUT2D eigenvalue weighted by Crippen LogP contribution is -2.47. The summed E-state index contributed by atoms with van der Waals surface area (Å²) in [7, 11) is 0. The molecule has 1 aromatic heterocycles. The molecule has 0 radical (unpaired) electrons. The minimum atomic E-state index is -0.677. The van der Waals surface area contributed by atoms with E-state index in [4.69, 9.17) is 4.74 Å². The van der Waals surface area contributed by atoms with Gasteiger partial charge in [-0.25, -0.2) is 4.79 Å². The van der Waals surface area contributed by atoms with Crippen molar-refractivity contribution < 1.29 is 14.3 Å². The van der Waals surface area contributed by atoms with Crippen molar-refractivity contribution in [1.82, 2.24) is 10.2 Å². The number of nitrogens with zero attached hydrogens (tertiary/aromatic N) is 1. The highest BCUT2D eigenvalue weighted by molar-refractivity contribution is 7.09. The third-order valence-corrected chi connectivity index (χ3v) is 5.53. The van der Waals surface area contributed by atoms with E-state index in [-0.39, 0.29) is 12.5 Å². The van der Waals surface area contributed by atoms with Crippen LogP contribution in [0.25, 0.3) is 0 Å². The number of alkyl carbamates (subject to hydrolysis) is 1. The Kier molecular flexibility index (Phi) is 8.03. The van der Waals surface area contributed by atoms with Crippen molar-refractivity contribution in [2.45, 2.75) is 32.5 Å². The number of hydrogen-bond donors (Lipinski definition) is 1. The summed E-state index contributed by atoms with van der Waals surface area (Å²) in [6.07, 6.45) is 0.155. The maximum atomic E-state index is 13.1. The number of amides is 2. The predicted molar refractivity (Wildman–Crippen MR) is 119 cm³/mol. The summed E-state index contributed by atoms with van der Waals surface area (Å²) in [5.74, 6) is -0.129. The van der Waals surface area contributed by atoms with E-state index in [0.29, 0.717) is 13.1 Å². The van der Waals surface area contributed by atoms with Gasteiger partial charge in [0.25, 0.3) is 0 Å². The largest absolute Gasteiger partial charge is 0.445 e. The van der Waals surface area contributed by atoms with E-state index in [2.05, 4.69) is 17.4 Å². The van der Waals surface area contributed by atoms with Crippen LogP contribution in [0, 0.1) is 0 Å². The molecule has 3 aromatic rings. The van der Waals surface area contributed by atoms with Gasteiger partial charge in [0.2, 0.25) is 5.91 Å². The molecule has 1 N–H and O–H groups in total. The molecule has 0 spiro atoms. The fraction of sp³-hybridized carbons (Fsp3) is 0.250. The molecule has 156 valence electrons. The van der Waals surface area contributed by atoms with E-state index < -0.39 is 12.1 Å². The first kappa shape index (κ1) is 21.6. The lowest BCUT2D eigenvalue weighted by molar-refractivity contribution is -0.133. The molecule has 1 atom stereocenters. The highest BCUT2D eigenvalue weighted by Crippen LogP contribution is 2.14.